The van der Waals surface area contributed by atoms with Gasteiger partial charge >= 0.3 is 0 Å². The van der Waals surface area contributed by atoms with E-state index in [9.17, 15) is 0 Å². The molecule has 3 heterocycles. The zero-order valence-electron chi connectivity index (χ0n) is 16.4. The molecule has 5 heteroatoms. The number of rotatable bonds is 3. The van der Waals surface area contributed by atoms with Crippen LogP contribution in [-0.2, 0) is 6.42 Å². The molecule has 6 rings (SSSR count). The third-order valence-corrected chi connectivity index (χ3v) is 5.77. The number of pyridine rings is 1. The summed E-state index contributed by atoms with van der Waals surface area (Å²) in [6.07, 6.45) is 4.48. The molecule has 0 aliphatic heterocycles. The van der Waals surface area contributed by atoms with Gasteiger partial charge in [-0.2, -0.15) is 5.10 Å². The summed E-state index contributed by atoms with van der Waals surface area (Å²) in [5, 5.41) is 12.3. The minimum Gasteiger partial charge on any atom is -0.360 e. The number of hydrogen-bond donors (Lipinski definition) is 1. The quantitative estimate of drug-likeness (QED) is 0.422. The second kappa shape index (κ2) is 6.52. The van der Waals surface area contributed by atoms with Crippen molar-refractivity contribution in [3.63, 3.8) is 0 Å². The minimum atomic E-state index is 0.786. The third-order valence-electron chi connectivity index (χ3n) is 5.77. The molecular weight excluding hydrogens is 372 g/mol. The zero-order valence-corrected chi connectivity index (χ0v) is 16.4. The Balaban J connectivity index is 1.45. The standard InChI is InChI=1S/C25H18N4O/c1-15-22(23(29-30-15)17-5-3-2-4-6-17)25-21-14-19-13-18(16-9-11-26-12-10-16)7-8-20(19)24(21)27-28-25/h2-13H,14H2,1H3,(H,27,28). The summed E-state index contributed by atoms with van der Waals surface area (Å²) in [7, 11) is 0. The van der Waals surface area contributed by atoms with Crippen molar-refractivity contribution in [2.75, 3.05) is 0 Å². The van der Waals surface area contributed by atoms with Crippen molar-refractivity contribution in [3.8, 4) is 44.9 Å². The first-order valence-corrected chi connectivity index (χ1v) is 9.92. The molecule has 5 aromatic rings. The molecule has 3 aromatic heterocycles. The highest BCUT2D eigenvalue weighted by molar-refractivity contribution is 5.88. The summed E-state index contributed by atoms with van der Waals surface area (Å²) in [5.74, 6) is 0.786. The molecule has 1 aliphatic rings. The maximum Gasteiger partial charge on any atom is 0.143 e. The van der Waals surface area contributed by atoms with E-state index >= 15 is 0 Å². The van der Waals surface area contributed by atoms with E-state index in [1.54, 1.807) is 0 Å². The van der Waals surface area contributed by atoms with E-state index in [2.05, 4.69) is 38.5 Å². The molecule has 1 N–H and O–H groups in total. The molecule has 2 aromatic carbocycles. The lowest BCUT2D eigenvalue weighted by atomic mass is 9.99. The minimum absolute atomic E-state index is 0.786. The SMILES string of the molecule is Cc1onc(-c2ccccc2)c1-c1[nH]nc2c1Cc1cc(-c3ccncc3)ccc1-2. The van der Waals surface area contributed by atoms with Crippen LogP contribution in [0.5, 0.6) is 0 Å². The van der Waals surface area contributed by atoms with Crippen LogP contribution < -0.4 is 0 Å². The fourth-order valence-electron chi connectivity index (χ4n) is 4.31. The molecule has 0 saturated heterocycles. The number of H-pyrrole nitrogens is 1. The van der Waals surface area contributed by atoms with E-state index in [-0.39, 0.29) is 0 Å². The van der Waals surface area contributed by atoms with Gasteiger partial charge in [0, 0.05) is 35.5 Å². The first kappa shape index (κ1) is 16.9. The van der Waals surface area contributed by atoms with Gasteiger partial charge in [0.2, 0.25) is 0 Å². The van der Waals surface area contributed by atoms with E-state index in [1.807, 2.05) is 61.8 Å². The number of aryl methyl sites for hydroxylation is 1. The van der Waals surface area contributed by atoms with Crippen LogP contribution in [0.15, 0.2) is 77.6 Å². The highest BCUT2D eigenvalue weighted by atomic mass is 16.5. The Bertz CT molecular complexity index is 1370. The lowest BCUT2D eigenvalue weighted by Gasteiger charge is -2.05. The van der Waals surface area contributed by atoms with Gasteiger partial charge in [-0.25, -0.2) is 0 Å². The molecular formula is C25H18N4O. The van der Waals surface area contributed by atoms with E-state index in [4.69, 9.17) is 4.52 Å². The number of aromatic amines is 1. The Morgan fingerprint density at radius 3 is 2.53 bits per heavy atom. The molecule has 0 amide bonds. The van der Waals surface area contributed by atoms with Gasteiger partial charge in [0.15, 0.2) is 0 Å². The van der Waals surface area contributed by atoms with Gasteiger partial charge in [-0.05, 0) is 35.7 Å². The third kappa shape index (κ3) is 2.52. The van der Waals surface area contributed by atoms with Gasteiger partial charge in [-0.15, -0.1) is 0 Å². The topological polar surface area (TPSA) is 67.6 Å². The van der Waals surface area contributed by atoms with Gasteiger partial charge in [0.25, 0.3) is 0 Å². The predicted molar refractivity (Wildman–Crippen MR) is 116 cm³/mol. The first-order chi connectivity index (χ1) is 14.8. The lowest BCUT2D eigenvalue weighted by Crippen LogP contribution is -1.90. The molecule has 0 bridgehead atoms. The summed E-state index contributed by atoms with van der Waals surface area (Å²) in [6, 6.07) is 20.8. The monoisotopic (exact) mass is 390 g/mol. The van der Waals surface area contributed by atoms with E-state index < -0.39 is 0 Å². The largest absolute Gasteiger partial charge is 0.360 e. The zero-order chi connectivity index (χ0) is 20.1. The number of aromatic nitrogens is 4. The van der Waals surface area contributed by atoms with Crippen LogP contribution in [-0.4, -0.2) is 20.3 Å². The van der Waals surface area contributed by atoms with Gasteiger partial charge in [0.1, 0.15) is 11.5 Å². The number of nitrogens with zero attached hydrogens (tertiary/aromatic N) is 3. The molecule has 0 unspecified atom stereocenters. The first-order valence-electron chi connectivity index (χ1n) is 9.92. The average Bonchev–Trinajstić information content (AvgIpc) is 3.47. The van der Waals surface area contributed by atoms with Gasteiger partial charge in [-0.3, -0.25) is 10.1 Å². The molecule has 0 fully saturated rings. The van der Waals surface area contributed by atoms with Crippen LogP contribution in [0.2, 0.25) is 0 Å². The number of nitrogens with one attached hydrogen (secondary N) is 1. The van der Waals surface area contributed by atoms with E-state index in [0.29, 0.717) is 0 Å². The van der Waals surface area contributed by atoms with Crippen molar-refractivity contribution < 1.29 is 4.52 Å². The average molecular weight is 390 g/mol. The number of benzene rings is 2. The van der Waals surface area contributed by atoms with Crippen LogP contribution >= 0.6 is 0 Å². The van der Waals surface area contributed by atoms with Crippen LogP contribution in [0.3, 0.4) is 0 Å². The second-order valence-corrected chi connectivity index (χ2v) is 7.54. The Morgan fingerprint density at radius 2 is 1.70 bits per heavy atom. The molecule has 0 radical (unpaired) electrons. The fraction of sp³-hybridized carbons (Fsp3) is 0.0800. The second-order valence-electron chi connectivity index (χ2n) is 7.54. The Morgan fingerprint density at radius 1 is 0.867 bits per heavy atom. The van der Waals surface area contributed by atoms with Crippen molar-refractivity contribution in [1.29, 1.82) is 0 Å². The Labute approximate surface area is 173 Å². The normalized spacial score (nSPS) is 12.0. The number of hydrogen-bond acceptors (Lipinski definition) is 4. The summed E-state index contributed by atoms with van der Waals surface area (Å²) < 4.78 is 5.58. The van der Waals surface area contributed by atoms with Crippen LogP contribution in [0.25, 0.3) is 44.9 Å². The summed E-state index contributed by atoms with van der Waals surface area (Å²) in [6.45, 7) is 1.95. The van der Waals surface area contributed by atoms with E-state index in [0.717, 1.165) is 40.4 Å². The summed E-state index contributed by atoms with van der Waals surface area (Å²) >= 11 is 0. The smallest absolute Gasteiger partial charge is 0.143 e. The highest BCUT2D eigenvalue weighted by Crippen LogP contribution is 2.44. The summed E-state index contributed by atoms with van der Waals surface area (Å²) in [4.78, 5) is 4.12. The van der Waals surface area contributed by atoms with Crippen LogP contribution in [0.4, 0.5) is 0 Å². The number of fused-ring (bicyclic) bond motifs is 3. The maximum absolute atomic E-state index is 5.58. The van der Waals surface area contributed by atoms with Crippen molar-refractivity contribution in [3.05, 3.63) is 89.9 Å². The summed E-state index contributed by atoms with van der Waals surface area (Å²) in [5.41, 5.74) is 10.9. The highest BCUT2D eigenvalue weighted by Gasteiger charge is 2.29. The molecule has 1 aliphatic carbocycles. The van der Waals surface area contributed by atoms with Crippen LogP contribution in [0, 0.1) is 6.92 Å². The van der Waals surface area contributed by atoms with Crippen LogP contribution in [0.1, 0.15) is 16.9 Å². The van der Waals surface area contributed by atoms with Crippen molar-refractivity contribution in [1.82, 2.24) is 20.3 Å². The van der Waals surface area contributed by atoms with Crippen molar-refractivity contribution in [2.24, 2.45) is 0 Å². The maximum atomic E-state index is 5.58. The molecule has 0 saturated carbocycles. The molecule has 0 spiro atoms. The molecule has 144 valence electrons. The van der Waals surface area contributed by atoms with Gasteiger partial charge < -0.3 is 4.52 Å². The Kier molecular flexibility index (Phi) is 3.68. The predicted octanol–water partition coefficient (Wildman–Crippen LogP) is 5.67. The Hall–Kier alpha value is -3.99. The van der Waals surface area contributed by atoms with Crippen molar-refractivity contribution in [2.45, 2.75) is 13.3 Å². The van der Waals surface area contributed by atoms with E-state index in [1.165, 1.54) is 27.8 Å². The van der Waals surface area contributed by atoms with Gasteiger partial charge in [-0.1, -0.05) is 53.7 Å². The molecule has 30 heavy (non-hydrogen) atoms. The molecule has 5 nitrogen and oxygen atoms in total. The van der Waals surface area contributed by atoms with Gasteiger partial charge in [0.05, 0.1) is 17.0 Å². The fourth-order valence-corrected chi connectivity index (χ4v) is 4.31. The van der Waals surface area contributed by atoms with Crippen molar-refractivity contribution >= 4 is 0 Å². The lowest BCUT2D eigenvalue weighted by molar-refractivity contribution is 0.400. The molecule has 0 atom stereocenters.